The Kier molecular flexibility index (Phi) is 4.85. The van der Waals surface area contributed by atoms with Gasteiger partial charge in [-0.05, 0) is 58.7 Å². The number of fused-ring (bicyclic) bond motifs is 6. The molecule has 0 saturated heterocycles. The lowest BCUT2D eigenvalue weighted by molar-refractivity contribution is 0.306. The Hall–Kier alpha value is -3.87. The molecule has 0 spiro atoms. The topological polar surface area (TPSA) is 75.1 Å². The number of nitrogens with zero attached hydrogens (tertiary/aromatic N) is 3. The molecule has 1 unspecified atom stereocenters. The first-order valence-corrected chi connectivity index (χ1v) is 11.7. The monoisotopic (exact) mass is 482 g/mol. The van der Waals surface area contributed by atoms with Crippen LogP contribution in [-0.2, 0) is 26.2 Å². The van der Waals surface area contributed by atoms with Crippen molar-refractivity contribution in [2.24, 2.45) is 19.8 Å². The molecule has 0 radical (unpaired) electrons. The van der Waals surface area contributed by atoms with E-state index in [0.29, 0.717) is 10.8 Å². The number of aryl methyl sites for hydroxylation is 2. The zero-order valence-corrected chi connectivity index (χ0v) is 20.1. The van der Waals surface area contributed by atoms with Crippen molar-refractivity contribution in [3.8, 4) is 16.9 Å². The fraction of sp³-hybridized carbons (Fsp3) is 0.143. The van der Waals surface area contributed by atoms with Gasteiger partial charge in [0.15, 0.2) is 0 Å². The lowest BCUT2D eigenvalue weighted by atomic mass is 9.79. The molecule has 7 heteroatoms. The van der Waals surface area contributed by atoms with E-state index in [0.717, 1.165) is 44.4 Å². The number of halogens is 1. The second-order valence-electron chi connectivity index (χ2n) is 9.01. The van der Waals surface area contributed by atoms with Crippen molar-refractivity contribution in [1.29, 1.82) is 0 Å². The van der Waals surface area contributed by atoms with E-state index in [2.05, 4.69) is 11.1 Å². The van der Waals surface area contributed by atoms with E-state index in [9.17, 15) is 4.79 Å². The van der Waals surface area contributed by atoms with E-state index in [1.54, 1.807) is 30.2 Å². The summed E-state index contributed by atoms with van der Waals surface area (Å²) < 4.78 is 9.73. The Morgan fingerprint density at radius 1 is 1.03 bits per heavy atom. The standard InChI is InChI=1S/C28H23ClN4O2/c1-32-16-31-14-26(32)28(30)19-6-8-24(29)18(10-19)15-35-21-5-3-4-17(11-21)22-13-27(34)33(2)25-9-7-20(28)12-23(22)25/h3-14,16H,15,30H2,1-2H3. The van der Waals surface area contributed by atoms with Gasteiger partial charge in [0.25, 0.3) is 5.56 Å². The molecule has 0 saturated carbocycles. The van der Waals surface area contributed by atoms with Crippen LogP contribution < -0.4 is 16.0 Å². The highest BCUT2D eigenvalue weighted by molar-refractivity contribution is 6.31. The molecule has 3 heterocycles. The summed E-state index contributed by atoms with van der Waals surface area (Å²) in [5.74, 6) is 0.693. The molecule has 1 atom stereocenters. The minimum absolute atomic E-state index is 0.0834. The van der Waals surface area contributed by atoms with Gasteiger partial charge < -0.3 is 19.6 Å². The molecule has 2 aromatic heterocycles. The number of rotatable bonds is 1. The molecule has 3 aromatic carbocycles. The van der Waals surface area contributed by atoms with Crippen LogP contribution in [-0.4, -0.2) is 14.1 Å². The van der Waals surface area contributed by atoms with Crippen molar-refractivity contribution in [3.63, 3.8) is 0 Å². The summed E-state index contributed by atoms with van der Waals surface area (Å²) in [4.78, 5) is 17.2. The lowest BCUT2D eigenvalue weighted by Gasteiger charge is -2.32. The Morgan fingerprint density at radius 2 is 1.83 bits per heavy atom. The largest absolute Gasteiger partial charge is 0.489 e. The Bertz CT molecular complexity index is 1690. The van der Waals surface area contributed by atoms with E-state index < -0.39 is 5.54 Å². The van der Waals surface area contributed by atoms with Gasteiger partial charge in [0.2, 0.25) is 0 Å². The van der Waals surface area contributed by atoms with E-state index in [4.69, 9.17) is 22.1 Å². The second-order valence-corrected chi connectivity index (χ2v) is 9.41. The fourth-order valence-electron chi connectivity index (χ4n) is 4.99. The second kappa shape index (κ2) is 7.83. The average Bonchev–Trinajstić information content (AvgIpc) is 3.31. The number of imidazole rings is 1. The number of ether oxygens (including phenoxy) is 1. The predicted molar refractivity (Wildman–Crippen MR) is 138 cm³/mol. The molecule has 35 heavy (non-hydrogen) atoms. The number of hydrogen-bond acceptors (Lipinski definition) is 4. The van der Waals surface area contributed by atoms with Crippen LogP contribution in [0.15, 0.2) is 84.0 Å². The first-order chi connectivity index (χ1) is 16.9. The van der Waals surface area contributed by atoms with Crippen LogP contribution in [0, 0.1) is 0 Å². The molecular formula is C28H23ClN4O2. The van der Waals surface area contributed by atoms with Crippen LogP contribution in [0.2, 0.25) is 5.02 Å². The van der Waals surface area contributed by atoms with Crippen molar-refractivity contribution >= 4 is 22.5 Å². The third kappa shape index (κ3) is 3.29. The lowest BCUT2D eigenvalue weighted by Crippen LogP contribution is -2.41. The smallest absolute Gasteiger partial charge is 0.251 e. The maximum Gasteiger partial charge on any atom is 0.251 e. The highest BCUT2D eigenvalue weighted by atomic mass is 35.5. The van der Waals surface area contributed by atoms with Gasteiger partial charge >= 0.3 is 0 Å². The van der Waals surface area contributed by atoms with Crippen molar-refractivity contribution in [2.75, 3.05) is 0 Å². The number of nitrogens with two attached hydrogens (primary N) is 1. The molecule has 1 aliphatic heterocycles. The highest BCUT2D eigenvalue weighted by Crippen LogP contribution is 2.39. The van der Waals surface area contributed by atoms with Crippen LogP contribution in [0.3, 0.4) is 0 Å². The summed E-state index contributed by atoms with van der Waals surface area (Å²) in [6.07, 6.45) is 3.53. The summed E-state index contributed by atoms with van der Waals surface area (Å²) in [5.41, 5.74) is 12.2. The molecule has 2 N–H and O–H groups in total. The minimum Gasteiger partial charge on any atom is -0.489 e. The third-order valence-corrected chi connectivity index (χ3v) is 7.33. The summed E-state index contributed by atoms with van der Waals surface area (Å²) in [6, 6.07) is 21.3. The van der Waals surface area contributed by atoms with E-state index >= 15 is 0 Å². The average molecular weight is 483 g/mol. The summed E-state index contributed by atoms with van der Waals surface area (Å²) in [6.45, 7) is 0.279. The van der Waals surface area contributed by atoms with Gasteiger partial charge in [-0.1, -0.05) is 35.9 Å². The van der Waals surface area contributed by atoms with Crippen LogP contribution >= 0.6 is 11.6 Å². The number of hydrogen-bond donors (Lipinski definition) is 1. The zero-order chi connectivity index (χ0) is 24.3. The number of aromatic nitrogens is 3. The molecule has 6 bridgehead atoms. The first kappa shape index (κ1) is 21.6. The van der Waals surface area contributed by atoms with Crippen molar-refractivity contribution in [1.82, 2.24) is 14.1 Å². The molecular weight excluding hydrogens is 460 g/mol. The van der Waals surface area contributed by atoms with Crippen molar-refractivity contribution in [2.45, 2.75) is 12.1 Å². The van der Waals surface area contributed by atoms with Gasteiger partial charge in [-0.3, -0.25) is 4.79 Å². The molecule has 0 fully saturated rings. The molecule has 1 aliphatic rings. The third-order valence-electron chi connectivity index (χ3n) is 6.96. The molecule has 5 aromatic rings. The summed E-state index contributed by atoms with van der Waals surface area (Å²) in [5, 5.41) is 1.53. The Morgan fingerprint density at radius 3 is 2.63 bits per heavy atom. The number of pyridine rings is 1. The van der Waals surface area contributed by atoms with Gasteiger partial charge in [-0.25, -0.2) is 4.98 Å². The molecule has 0 aliphatic carbocycles. The van der Waals surface area contributed by atoms with Gasteiger partial charge in [0, 0.05) is 36.1 Å². The van der Waals surface area contributed by atoms with Gasteiger partial charge in [0.05, 0.1) is 23.7 Å². The van der Waals surface area contributed by atoms with E-state index in [-0.39, 0.29) is 12.2 Å². The highest BCUT2D eigenvalue weighted by Gasteiger charge is 2.35. The fourth-order valence-corrected chi connectivity index (χ4v) is 5.16. The van der Waals surface area contributed by atoms with Crippen molar-refractivity contribution < 1.29 is 4.74 Å². The molecule has 6 nitrogen and oxygen atoms in total. The van der Waals surface area contributed by atoms with Gasteiger partial charge in [-0.2, -0.15) is 0 Å². The minimum atomic E-state index is -1.03. The SMILES string of the molecule is Cn1cncc1C1(N)c2ccc(Cl)c(c2)COc2cccc(c2)-c2cc(=O)n(C)c3ccc1cc23. The normalized spacial score (nSPS) is 16.9. The van der Waals surface area contributed by atoms with Crippen LogP contribution in [0.25, 0.3) is 22.0 Å². The van der Waals surface area contributed by atoms with Gasteiger partial charge in [-0.15, -0.1) is 0 Å². The van der Waals surface area contributed by atoms with E-state index in [1.165, 1.54) is 0 Å². The maximum atomic E-state index is 12.9. The Labute approximate surface area is 207 Å². The quantitative estimate of drug-likeness (QED) is 0.374. The summed E-state index contributed by atoms with van der Waals surface area (Å²) in [7, 11) is 3.71. The molecule has 174 valence electrons. The van der Waals surface area contributed by atoms with Crippen LogP contribution in [0.4, 0.5) is 0 Å². The van der Waals surface area contributed by atoms with Crippen LogP contribution in [0.1, 0.15) is 22.4 Å². The Balaban J connectivity index is 1.77. The molecule has 6 rings (SSSR count). The van der Waals surface area contributed by atoms with E-state index in [1.807, 2.05) is 66.2 Å². The summed E-state index contributed by atoms with van der Waals surface area (Å²) >= 11 is 6.57. The van der Waals surface area contributed by atoms with Crippen molar-refractivity contribution in [3.05, 3.63) is 117 Å². The first-order valence-electron chi connectivity index (χ1n) is 11.3. The molecule has 0 amide bonds. The van der Waals surface area contributed by atoms with Crippen LogP contribution in [0.5, 0.6) is 5.75 Å². The predicted octanol–water partition coefficient (Wildman–Crippen LogP) is 4.74. The maximum absolute atomic E-state index is 12.9. The zero-order valence-electron chi connectivity index (χ0n) is 19.3. The number of benzene rings is 3. The van der Waals surface area contributed by atoms with Gasteiger partial charge in [0.1, 0.15) is 17.9 Å².